The number of nitrogens with two attached hydrogens (primary N) is 1. The van der Waals surface area contributed by atoms with E-state index in [0.717, 1.165) is 30.6 Å². The number of hydrogen-bond donors (Lipinski definition) is 2. The molecule has 0 saturated carbocycles. The van der Waals surface area contributed by atoms with Gasteiger partial charge in [-0.1, -0.05) is 51.9 Å². The molecule has 0 aliphatic rings. The van der Waals surface area contributed by atoms with E-state index in [-0.39, 0.29) is 18.1 Å². The summed E-state index contributed by atoms with van der Waals surface area (Å²) in [4.78, 5) is 32.6. The molecule has 0 fully saturated rings. The van der Waals surface area contributed by atoms with Crippen molar-refractivity contribution in [1.29, 1.82) is 0 Å². The quantitative estimate of drug-likeness (QED) is 0.341. The maximum Gasteiger partial charge on any atom is 0.305 e. The third-order valence-electron chi connectivity index (χ3n) is 4.47. The number of carbonyl (C=O) groups excluding carboxylic acids is 2. The minimum atomic E-state index is -0.181. The first-order valence-electron chi connectivity index (χ1n) is 11.2. The average molecular weight is 445 g/mol. The van der Waals surface area contributed by atoms with Crippen LogP contribution in [-0.2, 0) is 14.3 Å². The summed E-state index contributed by atoms with van der Waals surface area (Å²) < 4.78 is 15.3. The number of H-pyrrole nitrogens is 1. The highest BCUT2D eigenvalue weighted by atomic mass is 19.1. The molecule has 182 valence electrons. The van der Waals surface area contributed by atoms with Gasteiger partial charge < -0.3 is 20.2 Å². The lowest BCUT2D eigenvalue weighted by Crippen LogP contribution is -2.05. The molecule has 0 spiro atoms. The molecule has 1 heterocycles. The van der Waals surface area contributed by atoms with Crippen molar-refractivity contribution in [2.45, 2.75) is 91.4 Å². The Morgan fingerprint density at radius 3 is 1.84 bits per heavy atom. The molecule has 0 bridgehead atoms. The van der Waals surface area contributed by atoms with Gasteiger partial charge in [0.2, 0.25) is 0 Å². The molecule has 1 rings (SSSR count). The van der Waals surface area contributed by atoms with Gasteiger partial charge in [-0.3, -0.25) is 14.0 Å². The van der Waals surface area contributed by atoms with Crippen LogP contribution in [0, 0.1) is 13.8 Å². The van der Waals surface area contributed by atoms with Gasteiger partial charge in [0, 0.05) is 29.9 Å². The number of alkyl halides is 1. The van der Waals surface area contributed by atoms with Crippen molar-refractivity contribution in [3.63, 3.8) is 0 Å². The molecule has 3 N–H and O–H groups in total. The Hall–Kier alpha value is -2.02. The molecule has 1 aromatic rings. The molecule has 7 heteroatoms. The van der Waals surface area contributed by atoms with Crippen molar-refractivity contribution in [2.75, 3.05) is 20.3 Å². The summed E-state index contributed by atoms with van der Waals surface area (Å²) in [6, 6.07) is 1.53. The number of rotatable bonds is 12. The summed E-state index contributed by atoms with van der Waals surface area (Å²) in [5, 5.41) is 0. The fourth-order valence-electron chi connectivity index (χ4n) is 2.41. The zero-order valence-corrected chi connectivity index (χ0v) is 20.1. The van der Waals surface area contributed by atoms with Crippen LogP contribution >= 0.6 is 0 Å². The Labute approximate surface area is 188 Å². The fourth-order valence-corrected chi connectivity index (χ4v) is 2.41. The van der Waals surface area contributed by atoms with Crippen LogP contribution in [0.3, 0.4) is 0 Å². The van der Waals surface area contributed by atoms with Gasteiger partial charge >= 0.3 is 5.97 Å². The highest BCUT2D eigenvalue weighted by Crippen LogP contribution is 2.10. The zero-order chi connectivity index (χ0) is 24.3. The van der Waals surface area contributed by atoms with Gasteiger partial charge in [-0.05, 0) is 39.7 Å². The highest BCUT2D eigenvalue weighted by Gasteiger charge is 1.99. The normalized spacial score (nSPS) is 9.23. The fraction of sp³-hybridized carbons (Fsp3) is 0.708. The number of pyridine rings is 1. The third kappa shape index (κ3) is 25.9. The van der Waals surface area contributed by atoms with Crippen LogP contribution in [0.2, 0.25) is 0 Å². The Balaban J connectivity index is -0.000000435. The van der Waals surface area contributed by atoms with Crippen molar-refractivity contribution in [2.24, 2.45) is 5.73 Å². The van der Waals surface area contributed by atoms with Crippen LogP contribution in [0.25, 0.3) is 0 Å². The molecule has 0 saturated heterocycles. The highest BCUT2D eigenvalue weighted by molar-refractivity contribution is 5.68. The van der Waals surface area contributed by atoms with E-state index in [0.29, 0.717) is 12.8 Å². The second-order valence-electron chi connectivity index (χ2n) is 7.08. The molecule has 0 aliphatic carbocycles. The monoisotopic (exact) mass is 444 g/mol. The number of aryl methyl sites for hydroxylation is 1. The number of esters is 1. The first-order valence-corrected chi connectivity index (χ1v) is 11.2. The van der Waals surface area contributed by atoms with Crippen LogP contribution in [0.5, 0.6) is 0 Å². The van der Waals surface area contributed by atoms with Crippen LogP contribution in [-0.4, -0.2) is 38.1 Å². The molecule has 6 nitrogen and oxygen atoms in total. The number of carbonyl (C=O) groups is 2. The Morgan fingerprint density at radius 2 is 1.48 bits per heavy atom. The van der Waals surface area contributed by atoms with Crippen LogP contribution < -0.4 is 11.2 Å². The van der Waals surface area contributed by atoms with E-state index in [2.05, 4.69) is 9.72 Å². The second kappa shape index (κ2) is 28.0. The smallest absolute Gasteiger partial charge is 0.305 e. The SMILES string of the molecule is C=O.CCCF.COC(=O)CCCCCCCCCCCN.Cc1[nH]ccc(=O)c1C. The number of hydrogen-bond acceptors (Lipinski definition) is 5. The lowest BCUT2D eigenvalue weighted by atomic mass is 10.1. The molecule has 0 atom stereocenters. The number of nitrogens with one attached hydrogen (secondary N) is 1. The third-order valence-corrected chi connectivity index (χ3v) is 4.47. The maximum absolute atomic E-state index is 10.8. The largest absolute Gasteiger partial charge is 0.469 e. The number of ether oxygens (including phenoxy) is 1. The minimum absolute atomic E-state index is 0.0817. The zero-order valence-electron chi connectivity index (χ0n) is 20.1. The minimum Gasteiger partial charge on any atom is -0.469 e. The Bertz CT molecular complexity index is 563. The van der Waals surface area contributed by atoms with Gasteiger partial charge in [-0.2, -0.15) is 0 Å². The number of aromatic amines is 1. The lowest BCUT2D eigenvalue weighted by molar-refractivity contribution is -0.140. The Morgan fingerprint density at radius 1 is 1.03 bits per heavy atom. The van der Waals surface area contributed by atoms with Gasteiger partial charge in [0.25, 0.3) is 0 Å². The van der Waals surface area contributed by atoms with Gasteiger partial charge in [0.05, 0.1) is 13.8 Å². The number of unbranched alkanes of at least 4 members (excludes halogenated alkanes) is 8. The molecular formula is C24H45FN2O4. The summed E-state index contributed by atoms with van der Waals surface area (Å²) in [5.74, 6) is -0.0817. The van der Waals surface area contributed by atoms with Crippen molar-refractivity contribution in [3.8, 4) is 0 Å². The number of methoxy groups -OCH3 is 1. The molecule has 0 aromatic carbocycles. The summed E-state index contributed by atoms with van der Waals surface area (Å²) in [7, 11) is 1.45. The van der Waals surface area contributed by atoms with Crippen molar-refractivity contribution >= 4 is 12.8 Å². The maximum atomic E-state index is 10.8. The van der Waals surface area contributed by atoms with Gasteiger partial charge in [-0.25, -0.2) is 0 Å². The first kappa shape index (κ1) is 33.6. The van der Waals surface area contributed by atoms with Crippen LogP contribution in [0.15, 0.2) is 17.1 Å². The Kier molecular flexibility index (Phi) is 30.3. The van der Waals surface area contributed by atoms with Crippen molar-refractivity contribution in [1.82, 2.24) is 4.98 Å². The summed E-state index contributed by atoms with van der Waals surface area (Å²) in [6.07, 6.45) is 14.0. The van der Waals surface area contributed by atoms with E-state index >= 15 is 0 Å². The van der Waals surface area contributed by atoms with E-state index in [1.54, 1.807) is 13.1 Å². The van der Waals surface area contributed by atoms with E-state index in [4.69, 9.17) is 10.5 Å². The predicted octanol–water partition coefficient (Wildman–Crippen LogP) is 5.19. The molecular weight excluding hydrogens is 399 g/mol. The number of halogens is 1. The van der Waals surface area contributed by atoms with E-state index < -0.39 is 0 Å². The molecule has 0 amide bonds. The van der Waals surface area contributed by atoms with Crippen molar-refractivity contribution < 1.29 is 18.7 Å². The molecule has 0 radical (unpaired) electrons. The topological polar surface area (TPSA) is 102 Å². The summed E-state index contributed by atoms with van der Waals surface area (Å²) >= 11 is 0. The van der Waals surface area contributed by atoms with E-state index in [9.17, 15) is 14.0 Å². The standard InChI is InChI=1S/C13H27NO2.C7H9NO.C3H7F.CH2O/c1-16-13(15)11-9-7-5-3-2-4-6-8-10-12-14;1-5-6(2)8-4-3-7(5)9;1-2-3-4;1-2/h2-12,14H2,1H3;3-4H,1-2H3,(H,8,9);2-3H2,1H3;1H2. The van der Waals surface area contributed by atoms with Gasteiger partial charge in [-0.15, -0.1) is 0 Å². The van der Waals surface area contributed by atoms with E-state index in [1.807, 2.05) is 20.6 Å². The van der Waals surface area contributed by atoms with Gasteiger partial charge in [0.1, 0.15) is 6.79 Å². The second-order valence-corrected chi connectivity index (χ2v) is 7.08. The van der Waals surface area contributed by atoms with Crippen molar-refractivity contribution in [3.05, 3.63) is 33.7 Å². The molecule has 0 aliphatic heterocycles. The lowest BCUT2D eigenvalue weighted by Gasteiger charge is -2.01. The molecule has 0 unspecified atom stereocenters. The van der Waals surface area contributed by atoms with E-state index in [1.165, 1.54) is 58.1 Å². The molecule has 1 aromatic heterocycles. The average Bonchev–Trinajstić information content (AvgIpc) is 2.80. The summed E-state index contributed by atoms with van der Waals surface area (Å²) in [6.45, 7) is 8.15. The predicted molar refractivity (Wildman–Crippen MR) is 127 cm³/mol. The summed E-state index contributed by atoms with van der Waals surface area (Å²) in [5.41, 5.74) is 7.28. The van der Waals surface area contributed by atoms with Crippen LogP contribution in [0.1, 0.15) is 88.8 Å². The first-order chi connectivity index (χ1) is 14.9. The molecule has 31 heavy (non-hydrogen) atoms. The van der Waals surface area contributed by atoms with Gasteiger partial charge in [0.15, 0.2) is 5.43 Å². The van der Waals surface area contributed by atoms with Crippen LogP contribution in [0.4, 0.5) is 4.39 Å². The number of aromatic nitrogens is 1.